The summed E-state index contributed by atoms with van der Waals surface area (Å²) < 4.78 is 5.31. The Hall–Kier alpha value is -2.86. The van der Waals surface area contributed by atoms with E-state index in [0.29, 0.717) is 24.5 Å². The molecule has 132 valence electrons. The summed E-state index contributed by atoms with van der Waals surface area (Å²) in [5.41, 5.74) is 1.28. The van der Waals surface area contributed by atoms with Crippen molar-refractivity contribution < 1.29 is 19.4 Å². The van der Waals surface area contributed by atoms with Crippen molar-refractivity contribution >= 4 is 17.5 Å². The number of nitrogens with one attached hydrogen (secondary N) is 2. The van der Waals surface area contributed by atoms with Crippen LogP contribution in [-0.4, -0.2) is 30.1 Å². The van der Waals surface area contributed by atoms with Crippen LogP contribution in [0.15, 0.2) is 54.6 Å². The lowest BCUT2D eigenvalue weighted by Crippen LogP contribution is -2.36. The number of hydrogen-bond donors (Lipinski definition) is 3. The molecule has 25 heavy (non-hydrogen) atoms. The Balaban J connectivity index is 1.75. The van der Waals surface area contributed by atoms with Gasteiger partial charge in [0, 0.05) is 12.2 Å². The lowest BCUT2D eigenvalue weighted by molar-refractivity contribution is -0.136. The van der Waals surface area contributed by atoms with E-state index in [1.165, 1.54) is 0 Å². The van der Waals surface area contributed by atoms with Crippen LogP contribution in [-0.2, 0) is 9.59 Å². The molecule has 2 aromatic carbocycles. The number of anilines is 1. The molecule has 0 fully saturated rings. The van der Waals surface area contributed by atoms with Crippen molar-refractivity contribution in [2.75, 3.05) is 18.5 Å². The van der Waals surface area contributed by atoms with Gasteiger partial charge in [0.1, 0.15) is 5.75 Å². The highest BCUT2D eigenvalue weighted by atomic mass is 16.5. The average Bonchev–Trinajstić information content (AvgIpc) is 2.64. The number of carbonyl (C=O) groups excluding carboxylic acids is 2. The first-order valence-electron chi connectivity index (χ1n) is 8.15. The van der Waals surface area contributed by atoms with Crippen LogP contribution in [0.3, 0.4) is 0 Å². The minimum absolute atomic E-state index is 0.200. The van der Waals surface area contributed by atoms with Crippen molar-refractivity contribution in [1.82, 2.24) is 5.32 Å². The Morgan fingerprint density at radius 1 is 1.04 bits per heavy atom. The van der Waals surface area contributed by atoms with Gasteiger partial charge in [-0.15, -0.1) is 0 Å². The molecule has 1 atom stereocenters. The van der Waals surface area contributed by atoms with E-state index in [-0.39, 0.29) is 6.54 Å². The summed E-state index contributed by atoms with van der Waals surface area (Å²) in [4.78, 5) is 23.7. The molecule has 2 amide bonds. The van der Waals surface area contributed by atoms with Gasteiger partial charge in [-0.1, -0.05) is 30.3 Å². The Morgan fingerprint density at radius 2 is 1.72 bits per heavy atom. The predicted octanol–water partition coefficient (Wildman–Crippen LogP) is 2.26. The zero-order valence-corrected chi connectivity index (χ0v) is 14.1. The van der Waals surface area contributed by atoms with Gasteiger partial charge in [0.2, 0.25) is 0 Å². The topological polar surface area (TPSA) is 87.7 Å². The smallest absolute Gasteiger partial charge is 0.313 e. The molecule has 6 nitrogen and oxygen atoms in total. The van der Waals surface area contributed by atoms with E-state index in [4.69, 9.17) is 4.74 Å². The molecule has 0 heterocycles. The molecule has 0 aliphatic carbocycles. The number of carbonyl (C=O) groups is 2. The second-order valence-corrected chi connectivity index (χ2v) is 5.38. The van der Waals surface area contributed by atoms with E-state index in [1.807, 2.05) is 37.3 Å². The van der Waals surface area contributed by atoms with Crippen LogP contribution in [0, 0.1) is 0 Å². The molecule has 2 aromatic rings. The summed E-state index contributed by atoms with van der Waals surface area (Å²) in [6.45, 7) is 2.64. The Kier molecular flexibility index (Phi) is 6.98. The molecule has 2 rings (SSSR count). The van der Waals surface area contributed by atoms with Gasteiger partial charge in [0.05, 0.1) is 12.7 Å². The second kappa shape index (κ2) is 9.44. The summed E-state index contributed by atoms with van der Waals surface area (Å²) in [5, 5.41) is 15.0. The fourth-order valence-electron chi connectivity index (χ4n) is 2.23. The third-order valence-corrected chi connectivity index (χ3v) is 3.52. The highest BCUT2D eigenvalue weighted by Gasteiger charge is 2.14. The van der Waals surface area contributed by atoms with Gasteiger partial charge in [0.25, 0.3) is 0 Å². The van der Waals surface area contributed by atoms with E-state index < -0.39 is 17.9 Å². The van der Waals surface area contributed by atoms with Gasteiger partial charge in [-0.2, -0.15) is 0 Å². The molecular formula is C19H22N2O4. The molecule has 0 bridgehead atoms. The second-order valence-electron chi connectivity index (χ2n) is 5.38. The van der Waals surface area contributed by atoms with Crippen molar-refractivity contribution in [3.63, 3.8) is 0 Å². The zero-order chi connectivity index (χ0) is 18.1. The van der Waals surface area contributed by atoms with Crippen LogP contribution in [0.5, 0.6) is 5.75 Å². The SMILES string of the molecule is CCOc1ccc(NC(=O)C(=O)NCC[C@@H](O)c2ccccc2)cc1. The third kappa shape index (κ3) is 5.93. The number of aliphatic hydroxyl groups is 1. The van der Waals surface area contributed by atoms with E-state index in [9.17, 15) is 14.7 Å². The number of amides is 2. The molecule has 0 spiro atoms. The number of hydrogen-bond acceptors (Lipinski definition) is 4. The lowest BCUT2D eigenvalue weighted by Gasteiger charge is -2.11. The molecule has 0 saturated heterocycles. The summed E-state index contributed by atoms with van der Waals surface area (Å²) in [5.74, 6) is -0.799. The van der Waals surface area contributed by atoms with E-state index in [2.05, 4.69) is 10.6 Å². The predicted molar refractivity (Wildman–Crippen MR) is 95.3 cm³/mol. The number of ether oxygens (including phenoxy) is 1. The quantitative estimate of drug-likeness (QED) is 0.674. The highest BCUT2D eigenvalue weighted by Crippen LogP contribution is 2.16. The van der Waals surface area contributed by atoms with Crippen molar-refractivity contribution in [3.05, 3.63) is 60.2 Å². The number of benzene rings is 2. The number of rotatable bonds is 7. The largest absolute Gasteiger partial charge is 0.494 e. The highest BCUT2D eigenvalue weighted by molar-refractivity contribution is 6.39. The zero-order valence-electron chi connectivity index (χ0n) is 14.1. The summed E-state index contributed by atoms with van der Waals surface area (Å²) >= 11 is 0. The number of aliphatic hydroxyl groups excluding tert-OH is 1. The Labute approximate surface area is 146 Å². The first-order chi connectivity index (χ1) is 12.1. The van der Waals surface area contributed by atoms with Crippen molar-refractivity contribution in [2.45, 2.75) is 19.4 Å². The van der Waals surface area contributed by atoms with Gasteiger partial charge < -0.3 is 20.5 Å². The van der Waals surface area contributed by atoms with Crippen LogP contribution in [0.1, 0.15) is 25.0 Å². The van der Waals surface area contributed by atoms with Crippen LogP contribution in [0.4, 0.5) is 5.69 Å². The maximum Gasteiger partial charge on any atom is 0.313 e. The monoisotopic (exact) mass is 342 g/mol. The van der Waals surface area contributed by atoms with Crippen molar-refractivity contribution in [2.24, 2.45) is 0 Å². The fraction of sp³-hybridized carbons (Fsp3) is 0.263. The van der Waals surface area contributed by atoms with E-state index in [1.54, 1.807) is 24.3 Å². The van der Waals surface area contributed by atoms with E-state index >= 15 is 0 Å². The molecule has 0 unspecified atom stereocenters. The minimum atomic E-state index is -0.752. The van der Waals surface area contributed by atoms with Crippen LogP contribution in [0.25, 0.3) is 0 Å². The molecule has 6 heteroatoms. The van der Waals surface area contributed by atoms with Gasteiger partial charge in [-0.25, -0.2) is 0 Å². The maximum absolute atomic E-state index is 11.9. The van der Waals surface area contributed by atoms with Crippen LogP contribution in [0.2, 0.25) is 0 Å². The van der Waals surface area contributed by atoms with E-state index in [0.717, 1.165) is 5.56 Å². The van der Waals surface area contributed by atoms with Crippen LogP contribution >= 0.6 is 0 Å². The van der Waals surface area contributed by atoms with Gasteiger partial charge in [-0.05, 0) is 43.2 Å². The summed E-state index contributed by atoms with van der Waals surface area (Å²) in [7, 11) is 0. The normalized spacial score (nSPS) is 11.4. The molecule has 0 aliphatic heterocycles. The van der Waals surface area contributed by atoms with Crippen LogP contribution < -0.4 is 15.4 Å². The molecule has 0 aliphatic rings. The molecule has 0 radical (unpaired) electrons. The minimum Gasteiger partial charge on any atom is -0.494 e. The standard InChI is InChI=1S/C19H22N2O4/c1-2-25-16-10-8-15(9-11-16)21-19(24)18(23)20-13-12-17(22)14-6-4-3-5-7-14/h3-11,17,22H,2,12-13H2,1H3,(H,20,23)(H,21,24)/t17-/m1/s1. The summed E-state index contributed by atoms with van der Waals surface area (Å²) in [6, 6.07) is 15.9. The molecular weight excluding hydrogens is 320 g/mol. The first kappa shape index (κ1) is 18.5. The lowest BCUT2D eigenvalue weighted by atomic mass is 10.1. The maximum atomic E-state index is 11.9. The summed E-state index contributed by atoms with van der Waals surface area (Å²) in [6.07, 6.45) is -0.359. The fourth-order valence-corrected chi connectivity index (χ4v) is 2.23. The van der Waals surface area contributed by atoms with Crippen molar-refractivity contribution in [3.8, 4) is 5.75 Å². The third-order valence-electron chi connectivity index (χ3n) is 3.52. The van der Waals surface area contributed by atoms with Gasteiger partial charge >= 0.3 is 11.8 Å². The average molecular weight is 342 g/mol. The first-order valence-corrected chi connectivity index (χ1v) is 8.15. The molecule has 0 saturated carbocycles. The van der Waals surface area contributed by atoms with Gasteiger partial charge in [0.15, 0.2) is 0 Å². The Bertz CT molecular complexity index is 686. The Morgan fingerprint density at radius 3 is 2.36 bits per heavy atom. The van der Waals surface area contributed by atoms with Crippen molar-refractivity contribution in [1.29, 1.82) is 0 Å². The van der Waals surface area contributed by atoms with Gasteiger partial charge in [-0.3, -0.25) is 9.59 Å². The molecule has 3 N–H and O–H groups in total. The molecule has 0 aromatic heterocycles.